The second-order valence-corrected chi connectivity index (χ2v) is 7.08. The molecule has 0 aromatic rings. The molecule has 134 valence electrons. The lowest BCUT2D eigenvalue weighted by atomic mass is 10.1. The number of hydrogen-bond donors (Lipinski definition) is 1. The molecule has 0 saturated carbocycles. The minimum atomic E-state index is 0.192. The van der Waals surface area contributed by atoms with E-state index in [1.54, 1.807) is 0 Å². The lowest BCUT2D eigenvalue weighted by Crippen LogP contribution is -2.49. The van der Waals surface area contributed by atoms with Crippen LogP contribution in [0.3, 0.4) is 0 Å². The van der Waals surface area contributed by atoms with Gasteiger partial charge in [0.05, 0.1) is 6.54 Å². The molecule has 0 unspecified atom stereocenters. The Bertz CT molecular complexity index is 323. The van der Waals surface area contributed by atoms with Crippen LogP contribution in [0.5, 0.6) is 0 Å². The fourth-order valence-electron chi connectivity index (χ4n) is 3.54. The van der Waals surface area contributed by atoms with Crippen LogP contribution in [0.4, 0.5) is 0 Å². The first kappa shape index (κ1) is 18.7. The third kappa shape index (κ3) is 7.64. The van der Waals surface area contributed by atoms with Crippen molar-refractivity contribution in [1.82, 2.24) is 20.0 Å². The van der Waals surface area contributed by atoms with Crippen LogP contribution in [0, 0.1) is 0 Å². The van der Waals surface area contributed by atoms with Gasteiger partial charge in [-0.2, -0.15) is 0 Å². The van der Waals surface area contributed by atoms with Gasteiger partial charge in [0.2, 0.25) is 5.91 Å². The molecule has 2 fully saturated rings. The fraction of sp³-hybridized carbons (Fsp3) is 0.944. The summed E-state index contributed by atoms with van der Waals surface area (Å²) in [5.74, 6) is 0.192. The number of carbonyl (C=O) groups is 1. The Kier molecular flexibility index (Phi) is 8.94. The molecule has 5 heteroatoms. The Balaban J connectivity index is 1.50. The number of amides is 1. The number of rotatable bonds is 9. The van der Waals surface area contributed by atoms with Crippen LogP contribution < -0.4 is 5.32 Å². The zero-order chi connectivity index (χ0) is 16.3. The van der Waals surface area contributed by atoms with Gasteiger partial charge in [-0.1, -0.05) is 19.8 Å². The molecule has 2 rings (SSSR count). The van der Waals surface area contributed by atoms with Gasteiger partial charge in [0.1, 0.15) is 0 Å². The van der Waals surface area contributed by atoms with Crippen molar-refractivity contribution in [1.29, 1.82) is 0 Å². The van der Waals surface area contributed by atoms with Crippen LogP contribution in [-0.2, 0) is 4.79 Å². The van der Waals surface area contributed by atoms with E-state index >= 15 is 0 Å². The van der Waals surface area contributed by atoms with Gasteiger partial charge in [0.25, 0.3) is 0 Å². The minimum absolute atomic E-state index is 0.192. The molecule has 2 aliphatic rings. The number of nitrogens with zero attached hydrogens (tertiary/aromatic N) is 3. The van der Waals surface area contributed by atoms with E-state index in [4.69, 9.17) is 0 Å². The first-order valence-electron chi connectivity index (χ1n) is 9.71. The van der Waals surface area contributed by atoms with Crippen LogP contribution in [0.2, 0.25) is 0 Å². The molecule has 5 nitrogen and oxygen atoms in total. The Morgan fingerprint density at radius 3 is 2.09 bits per heavy atom. The average Bonchev–Trinajstić information content (AvgIpc) is 2.58. The van der Waals surface area contributed by atoms with Gasteiger partial charge in [-0.25, -0.2) is 0 Å². The molecule has 23 heavy (non-hydrogen) atoms. The van der Waals surface area contributed by atoms with Gasteiger partial charge in [0.15, 0.2) is 0 Å². The minimum Gasteiger partial charge on any atom is -0.355 e. The zero-order valence-electron chi connectivity index (χ0n) is 15.1. The predicted octanol–water partition coefficient (Wildman–Crippen LogP) is 1.40. The number of nitrogens with one attached hydrogen (secondary N) is 1. The molecule has 0 atom stereocenters. The fourth-order valence-corrected chi connectivity index (χ4v) is 3.54. The number of carbonyl (C=O) groups excluding carboxylic acids is 1. The number of piperazine rings is 1. The number of hydrogen-bond acceptors (Lipinski definition) is 4. The molecule has 0 aromatic heterocycles. The number of piperidine rings is 1. The van der Waals surface area contributed by atoms with Crippen molar-refractivity contribution in [2.24, 2.45) is 0 Å². The second-order valence-electron chi connectivity index (χ2n) is 7.08. The van der Waals surface area contributed by atoms with E-state index < -0.39 is 0 Å². The zero-order valence-corrected chi connectivity index (χ0v) is 15.1. The van der Waals surface area contributed by atoms with Crippen molar-refractivity contribution in [3.8, 4) is 0 Å². The van der Waals surface area contributed by atoms with E-state index in [1.165, 1.54) is 51.9 Å². The molecular weight excluding hydrogens is 288 g/mol. The van der Waals surface area contributed by atoms with E-state index in [0.717, 1.165) is 45.6 Å². The van der Waals surface area contributed by atoms with Gasteiger partial charge in [0, 0.05) is 32.7 Å². The van der Waals surface area contributed by atoms with E-state index in [9.17, 15) is 4.79 Å². The predicted molar refractivity (Wildman–Crippen MR) is 95.7 cm³/mol. The normalized spacial score (nSPS) is 21.4. The summed E-state index contributed by atoms with van der Waals surface area (Å²) in [6.07, 6.45) is 7.70. The molecule has 0 aliphatic carbocycles. The van der Waals surface area contributed by atoms with E-state index in [2.05, 4.69) is 26.9 Å². The Hall–Kier alpha value is -0.650. The summed E-state index contributed by atoms with van der Waals surface area (Å²) in [6, 6.07) is 0. The summed E-state index contributed by atoms with van der Waals surface area (Å²) in [5.41, 5.74) is 0. The third-order valence-electron chi connectivity index (χ3n) is 5.08. The van der Waals surface area contributed by atoms with Crippen molar-refractivity contribution < 1.29 is 4.79 Å². The summed E-state index contributed by atoms with van der Waals surface area (Å²) < 4.78 is 0. The lowest BCUT2D eigenvalue weighted by Gasteiger charge is -2.35. The molecule has 0 aromatic carbocycles. The monoisotopic (exact) mass is 324 g/mol. The molecule has 1 amide bonds. The summed E-state index contributed by atoms with van der Waals surface area (Å²) >= 11 is 0. The largest absolute Gasteiger partial charge is 0.355 e. The molecule has 2 heterocycles. The van der Waals surface area contributed by atoms with Crippen molar-refractivity contribution in [2.45, 2.75) is 45.4 Å². The summed E-state index contributed by atoms with van der Waals surface area (Å²) in [4.78, 5) is 19.3. The highest BCUT2D eigenvalue weighted by atomic mass is 16.2. The Morgan fingerprint density at radius 2 is 1.43 bits per heavy atom. The highest BCUT2D eigenvalue weighted by molar-refractivity contribution is 5.77. The van der Waals surface area contributed by atoms with Crippen LogP contribution >= 0.6 is 0 Å². The summed E-state index contributed by atoms with van der Waals surface area (Å²) in [6.45, 7) is 12.9. The third-order valence-corrected chi connectivity index (χ3v) is 5.08. The molecule has 1 N–H and O–H groups in total. The molecule has 2 saturated heterocycles. The Labute approximate surface area is 142 Å². The van der Waals surface area contributed by atoms with Gasteiger partial charge in [-0.05, 0) is 51.9 Å². The Morgan fingerprint density at radius 1 is 0.826 bits per heavy atom. The molecule has 0 radical (unpaired) electrons. The van der Waals surface area contributed by atoms with Crippen LogP contribution in [0.1, 0.15) is 45.4 Å². The summed E-state index contributed by atoms with van der Waals surface area (Å²) in [5, 5.41) is 3.01. The average molecular weight is 325 g/mol. The molecule has 2 aliphatic heterocycles. The van der Waals surface area contributed by atoms with E-state index in [-0.39, 0.29) is 5.91 Å². The number of unbranched alkanes of at least 4 members (excludes halogenated alkanes) is 1. The first-order chi connectivity index (χ1) is 11.3. The lowest BCUT2D eigenvalue weighted by molar-refractivity contribution is -0.122. The van der Waals surface area contributed by atoms with E-state index in [0.29, 0.717) is 6.54 Å². The molecular formula is C18H36N4O. The van der Waals surface area contributed by atoms with Gasteiger partial charge >= 0.3 is 0 Å². The highest BCUT2D eigenvalue weighted by Crippen LogP contribution is 2.09. The second kappa shape index (κ2) is 11.0. The smallest absolute Gasteiger partial charge is 0.234 e. The topological polar surface area (TPSA) is 38.8 Å². The maximum atomic E-state index is 11.8. The number of likely N-dealkylation sites (tertiary alicyclic amines) is 1. The summed E-state index contributed by atoms with van der Waals surface area (Å²) in [7, 11) is 0. The van der Waals surface area contributed by atoms with Crippen LogP contribution in [0.25, 0.3) is 0 Å². The van der Waals surface area contributed by atoms with Gasteiger partial charge in [-0.3, -0.25) is 9.69 Å². The molecule has 0 bridgehead atoms. The van der Waals surface area contributed by atoms with Crippen LogP contribution in [0.15, 0.2) is 0 Å². The maximum Gasteiger partial charge on any atom is 0.234 e. The van der Waals surface area contributed by atoms with Gasteiger partial charge in [-0.15, -0.1) is 0 Å². The van der Waals surface area contributed by atoms with Crippen molar-refractivity contribution in [2.75, 3.05) is 65.4 Å². The quantitative estimate of drug-likeness (QED) is 0.651. The highest BCUT2D eigenvalue weighted by Gasteiger charge is 2.18. The standard InChI is InChI=1S/C18H36N4O/c1-2-3-8-19-18(23)17-22-15-13-21(14-16-22)12-7-11-20-9-5-4-6-10-20/h2-17H2,1H3,(H,19,23). The van der Waals surface area contributed by atoms with Crippen molar-refractivity contribution >= 4 is 5.91 Å². The first-order valence-corrected chi connectivity index (χ1v) is 9.71. The molecule has 0 spiro atoms. The SMILES string of the molecule is CCCCNC(=O)CN1CCN(CCCN2CCCCC2)CC1. The van der Waals surface area contributed by atoms with Crippen molar-refractivity contribution in [3.63, 3.8) is 0 Å². The van der Waals surface area contributed by atoms with Gasteiger partial charge < -0.3 is 15.1 Å². The van der Waals surface area contributed by atoms with Crippen molar-refractivity contribution in [3.05, 3.63) is 0 Å². The van der Waals surface area contributed by atoms with E-state index in [1.807, 2.05) is 0 Å². The van der Waals surface area contributed by atoms with Crippen LogP contribution in [-0.4, -0.2) is 86.1 Å². The maximum absolute atomic E-state index is 11.8.